The molecule has 1 unspecified atom stereocenters. The summed E-state index contributed by atoms with van der Waals surface area (Å²) in [5.41, 5.74) is 8.34. The fourth-order valence-corrected chi connectivity index (χ4v) is 13.5. The maximum atomic E-state index is 8.21. The quantitative estimate of drug-likeness (QED) is 0.0582. The minimum Gasteiger partial charge on any atom is -0.330 e. The monoisotopic (exact) mass is 745 g/mol. The van der Waals surface area contributed by atoms with Crippen molar-refractivity contribution in [2.45, 2.75) is 64.0 Å². The molecule has 6 rings (SSSR count). The first-order chi connectivity index (χ1) is 26.0. The number of nitrogens with zero attached hydrogens (tertiary/aromatic N) is 2. The fraction of sp³-hybridized carbons (Fsp3) is 0.289. The molecular formula is C45H53ClN5OP. The number of halogens is 1. The normalized spacial score (nSPS) is 15.8. The number of guanidine groups is 2. The van der Waals surface area contributed by atoms with Crippen LogP contribution in [-0.4, -0.2) is 31.2 Å². The van der Waals surface area contributed by atoms with E-state index in [1.807, 2.05) is 42.5 Å². The molecule has 1 heterocycles. The van der Waals surface area contributed by atoms with E-state index >= 15 is 0 Å². The Morgan fingerprint density at radius 1 is 0.623 bits per heavy atom. The van der Waals surface area contributed by atoms with Crippen molar-refractivity contribution in [3.05, 3.63) is 157 Å². The first kappa shape index (κ1) is 38.1. The van der Waals surface area contributed by atoms with Crippen LogP contribution in [-0.2, 0) is 6.42 Å². The van der Waals surface area contributed by atoms with Gasteiger partial charge in [0.25, 0.3) is 0 Å². The summed E-state index contributed by atoms with van der Waals surface area (Å²) in [5, 5.41) is 10.1. The average molecular weight is 746 g/mol. The fourth-order valence-electron chi connectivity index (χ4n) is 7.23. The number of nitrogens with two attached hydrogens (primary N) is 1. The van der Waals surface area contributed by atoms with Crippen molar-refractivity contribution >= 4 is 45.0 Å². The van der Waals surface area contributed by atoms with Crippen molar-refractivity contribution < 1.29 is 4.74 Å². The van der Waals surface area contributed by atoms with Crippen LogP contribution < -0.4 is 37.0 Å². The van der Waals surface area contributed by atoms with Crippen molar-refractivity contribution in [2.24, 2.45) is 15.7 Å². The van der Waals surface area contributed by atoms with Crippen LogP contribution in [0.1, 0.15) is 68.7 Å². The van der Waals surface area contributed by atoms with Crippen LogP contribution in [0.3, 0.4) is 0 Å². The Morgan fingerprint density at radius 3 is 1.66 bits per heavy atom. The minimum atomic E-state index is -3.15. The number of rotatable bonds is 19. The molecule has 1 atom stereocenters. The van der Waals surface area contributed by atoms with Gasteiger partial charge >= 0.3 is 199 Å². The molecular weight excluding hydrogens is 693 g/mol. The molecule has 6 nitrogen and oxygen atoms in total. The zero-order valence-corrected chi connectivity index (χ0v) is 32.3. The van der Waals surface area contributed by atoms with E-state index < -0.39 is 5.96 Å². The Hall–Kier alpha value is -4.64. The van der Waals surface area contributed by atoms with E-state index in [0.29, 0.717) is 18.5 Å². The Balaban J connectivity index is 0.899. The van der Waals surface area contributed by atoms with Gasteiger partial charge in [-0.15, -0.1) is 0 Å². The maximum Gasteiger partial charge on any atom is 0.200 e. The predicted molar refractivity (Wildman–Crippen MR) is 228 cm³/mol. The zero-order chi connectivity index (χ0) is 36.6. The van der Waals surface area contributed by atoms with Gasteiger partial charge in [0.1, 0.15) is 0 Å². The van der Waals surface area contributed by atoms with Crippen molar-refractivity contribution in [3.8, 4) is 5.75 Å². The second kappa shape index (κ2) is 18.9. The van der Waals surface area contributed by atoms with Crippen LogP contribution in [0.4, 0.5) is 0 Å². The second-order valence-electron chi connectivity index (χ2n) is 13.8. The van der Waals surface area contributed by atoms with Gasteiger partial charge in [0.15, 0.2) is 18.1 Å². The van der Waals surface area contributed by atoms with Crippen LogP contribution in [0.5, 0.6) is 5.75 Å². The summed E-state index contributed by atoms with van der Waals surface area (Å²) in [6.07, 6.45) is 11.0. The van der Waals surface area contributed by atoms with E-state index in [1.54, 1.807) is 0 Å². The third-order valence-corrected chi connectivity index (χ3v) is 17.7. The van der Waals surface area contributed by atoms with Gasteiger partial charge < -0.3 is 11.1 Å². The summed E-state index contributed by atoms with van der Waals surface area (Å²) >= 11 is 8.21. The molecule has 0 spiro atoms. The van der Waals surface area contributed by atoms with E-state index in [9.17, 15) is 0 Å². The SMILES string of the molecule is NC1=NC(c2ccc(OCCCCCCCCCCP(Cl)(c3ccccc3)(c3ccccc3)c3ccccc3)cc2)NC(=NCCc2ccccc2)N1. The maximum absolute atomic E-state index is 8.21. The van der Waals surface area contributed by atoms with E-state index in [2.05, 4.69) is 124 Å². The molecule has 0 aliphatic carbocycles. The van der Waals surface area contributed by atoms with Crippen molar-refractivity contribution in [1.82, 2.24) is 10.6 Å². The number of nitrogens with one attached hydrogen (secondary N) is 2. The van der Waals surface area contributed by atoms with Gasteiger partial charge in [0.2, 0.25) is 0 Å². The molecule has 5 aromatic rings. The number of hydrogen-bond donors (Lipinski definition) is 3. The van der Waals surface area contributed by atoms with Gasteiger partial charge in [-0.05, 0) is 29.7 Å². The average Bonchev–Trinajstić information content (AvgIpc) is 3.21. The van der Waals surface area contributed by atoms with Crippen LogP contribution >= 0.6 is 17.2 Å². The summed E-state index contributed by atoms with van der Waals surface area (Å²) in [5.74, 6) is -1.29. The topological polar surface area (TPSA) is 84.0 Å². The summed E-state index contributed by atoms with van der Waals surface area (Å²) in [6.45, 7) is 1.37. The molecule has 1 aliphatic heterocycles. The number of unbranched alkanes of at least 4 members (excludes halogenated alkanes) is 7. The summed E-state index contributed by atoms with van der Waals surface area (Å²) in [7, 11) is 0. The van der Waals surface area contributed by atoms with Gasteiger partial charge in [-0.1, -0.05) is 42.5 Å². The molecule has 0 saturated carbocycles. The molecule has 8 heteroatoms. The number of ether oxygens (including phenoxy) is 1. The number of benzene rings is 5. The van der Waals surface area contributed by atoms with Crippen molar-refractivity contribution in [3.63, 3.8) is 0 Å². The molecule has 0 aromatic heterocycles. The second-order valence-corrected chi connectivity index (χ2v) is 20.4. The van der Waals surface area contributed by atoms with E-state index in [0.717, 1.165) is 43.3 Å². The molecule has 1 aliphatic rings. The first-order valence-electron chi connectivity index (χ1n) is 19.1. The third-order valence-electron chi connectivity index (χ3n) is 10.1. The standard InChI is InChI=1S/C45H53ClN5OP/c46-53(40-23-13-8-14-24-40,41-25-15-9-16-26-41,42-27-17-10-18-28-42)36-20-6-4-2-1-3-5-19-35-52-39-31-29-38(30-32-39)43-49-44(47)51-45(50-43)48-34-33-37-21-11-7-12-22-37/h7-18,21-32,43H,1-6,19-20,33-36H2,(H4,47,48,49,50,51). The third kappa shape index (κ3) is 9.87. The van der Waals surface area contributed by atoms with Crippen molar-refractivity contribution in [2.75, 3.05) is 19.3 Å². The Bertz CT molecular complexity index is 1790. The molecule has 0 amide bonds. The Kier molecular flexibility index (Phi) is 13.6. The van der Waals surface area contributed by atoms with Crippen LogP contribution in [0.2, 0.25) is 0 Å². The van der Waals surface area contributed by atoms with Crippen molar-refractivity contribution in [1.29, 1.82) is 0 Å². The van der Waals surface area contributed by atoms with Crippen LogP contribution in [0.15, 0.2) is 156 Å². The van der Waals surface area contributed by atoms with Gasteiger partial charge in [0, 0.05) is 6.54 Å². The van der Waals surface area contributed by atoms with E-state index in [1.165, 1.54) is 60.0 Å². The molecule has 0 radical (unpaired) electrons. The van der Waals surface area contributed by atoms with Gasteiger partial charge in [-0.25, -0.2) is 4.99 Å². The Morgan fingerprint density at radius 2 is 1.11 bits per heavy atom. The minimum absolute atomic E-state index is 0.294. The molecule has 0 saturated heterocycles. The van der Waals surface area contributed by atoms with Gasteiger partial charge in [0.05, 0.1) is 0 Å². The first-order valence-corrected chi connectivity index (χ1v) is 22.4. The van der Waals surface area contributed by atoms with Gasteiger partial charge in [-0.2, -0.15) is 0 Å². The van der Waals surface area contributed by atoms with Crippen LogP contribution in [0.25, 0.3) is 0 Å². The largest absolute Gasteiger partial charge is 0.330 e. The molecule has 276 valence electrons. The summed E-state index contributed by atoms with van der Waals surface area (Å²) in [4.78, 5) is 9.18. The van der Waals surface area contributed by atoms with E-state index in [-0.39, 0.29) is 6.17 Å². The smallest absolute Gasteiger partial charge is 0.200 e. The molecule has 0 bridgehead atoms. The number of aliphatic imine (C=N–C) groups is 2. The Labute approximate surface area is 320 Å². The molecule has 4 N–H and O–H groups in total. The van der Waals surface area contributed by atoms with Gasteiger partial charge in [-0.3, -0.25) is 10.3 Å². The van der Waals surface area contributed by atoms with E-state index in [4.69, 9.17) is 21.7 Å². The summed E-state index contributed by atoms with van der Waals surface area (Å²) in [6, 6.07) is 50.9. The molecule has 0 fully saturated rings. The summed E-state index contributed by atoms with van der Waals surface area (Å²) < 4.78 is 6.07. The van der Waals surface area contributed by atoms with Crippen LogP contribution in [0, 0.1) is 0 Å². The predicted octanol–water partition coefficient (Wildman–Crippen LogP) is 8.97. The molecule has 5 aromatic carbocycles. The zero-order valence-electron chi connectivity index (χ0n) is 30.6. The number of hydrogen-bond acceptors (Lipinski definition) is 4. The molecule has 53 heavy (non-hydrogen) atoms.